The van der Waals surface area contributed by atoms with Gasteiger partial charge in [0.05, 0.1) is 24.1 Å². The predicted molar refractivity (Wildman–Crippen MR) is 119 cm³/mol. The van der Waals surface area contributed by atoms with Gasteiger partial charge in [0.15, 0.2) is 0 Å². The second-order valence-corrected chi connectivity index (χ2v) is 6.97. The van der Waals surface area contributed by atoms with Gasteiger partial charge >= 0.3 is 5.97 Å². The van der Waals surface area contributed by atoms with Gasteiger partial charge in [-0.1, -0.05) is 31.2 Å². The predicted octanol–water partition coefficient (Wildman–Crippen LogP) is 5.53. The molecule has 0 saturated heterocycles. The molecule has 0 atom stereocenters. The van der Waals surface area contributed by atoms with E-state index in [1.165, 1.54) is 7.11 Å². The summed E-state index contributed by atoms with van der Waals surface area (Å²) in [4.78, 5) is 18.9. The summed E-state index contributed by atoms with van der Waals surface area (Å²) >= 11 is 0. The topological polar surface area (TPSA) is 62.7 Å². The van der Waals surface area contributed by atoms with Crippen LogP contribution in [0.3, 0.4) is 0 Å². The van der Waals surface area contributed by atoms with Gasteiger partial charge < -0.3 is 14.7 Å². The van der Waals surface area contributed by atoms with E-state index in [1.54, 1.807) is 24.4 Å². The zero-order valence-electron chi connectivity index (χ0n) is 17.7. The second kappa shape index (κ2) is 9.27. The van der Waals surface area contributed by atoms with Crippen molar-refractivity contribution in [2.24, 2.45) is 0 Å². The van der Waals surface area contributed by atoms with E-state index in [9.17, 15) is 9.90 Å². The van der Waals surface area contributed by atoms with Gasteiger partial charge in [0, 0.05) is 23.5 Å². The molecule has 0 bridgehead atoms. The summed E-state index contributed by atoms with van der Waals surface area (Å²) < 4.78 is 5.02. The Labute approximate surface area is 177 Å². The molecule has 0 fully saturated rings. The number of hydrogen-bond donors (Lipinski definition) is 1. The van der Waals surface area contributed by atoms with E-state index in [2.05, 4.69) is 18.8 Å². The Morgan fingerprint density at radius 3 is 2.50 bits per heavy atom. The van der Waals surface area contributed by atoms with Crippen LogP contribution in [0, 0.1) is 0 Å². The molecule has 0 radical (unpaired) electrons. The zero-order chi connectivity index (χ0) is 21.7. The number of pyridine rings is 1. The van der Waals surface area contributed by atoms with Gasteiger partial charge in [0.25, 0.3) is 0 Å². The Kier molecular flexibility index (Phi) is 6.52. The van der Waals surface area contributed by atoms with Gasteiger partial charge in [-0.3, -0.25) is 4.98 Å². The summed E-state index contributed by atoms with van der Waals surface area (Å²) in [5.74, 6) is -0.258. The van der Waals surface area contributed by atoms with Gasteiger partial charge in [-0.2, -0.15) is 0 Å². The van der Waals surface area contributed by atoms with Crippen LogP contribution in [0.1, 0.15) is 48.8 Å². The highest BCUT2D eigenvalue weighted by Crippen LogP contribution is 2.36. The number of ether oxygens (including phenoxy) is 1. The molecule has 0 unspecified atom stereocenters. The maximum absolute atomic E-state index is 12.5. The number of carbonyl (C=O) groups excluding carboxylic acids is 1. The normalized spacial score (nSPS) is 15.7. The summed E-state index contributed by atoms with van der Waals surface area (Å²) in [5.41, 5.74) is 5.53. The molecule has 5 heteroatoms. The third-order valence-corrected chi connectivity index (χ3v) is 5.15. The van der Waals surface area contributed by atoms with Crippen molar-refractivity contribution in [3.63, 3.8) is 0 Å². The highest BCUT2D eigenvalue weighted by atomic mass is 16.5. The number of allylic oxidation sites excluding steroid dienone is 5. The van der Waals surface area contributed by atoms with Crippen molar-refractivity contribution in [2.75, 3.05) is 7.11 Å². The fourth-order valence-corrected chi connectivity index (χ4v) is 3.46. The molecule has 0 aliphatic carbocycles. The number of aromatic hydroxyl groups is 1. The Hall–Kier alpha value is -3.60. The minimum absolute atomic E-state index is 0.123. The maximum atomic E-state index is 12.5. The number of esters is 1. The highest BCUT2D eigenvalue weighted by molar-refractivity contribution is 5.96. The van der Waals surface area contributed by atoms with Crippen LogP contribution >= 0.6 is 0 Å². The molecule has 30 heavy (non-hydrogen) atoms. The number of aromatic nitrogens is 1. The minimum Gasteiger partial charge on any atom is -0.506 e. The third-order valence-electron chi connectivity index (χ3n) is 5.15. The Morgan fingerprint density at radius 1 is 1.10 bits per heavy atom. The molecule has 1 aliphatic heterocycles. The summed E-state index contributed by atoms with van der Waals surface area (Å²) in [5, 5.41) is 10.3. The van der Waals surface area contributed by atoms with Crippen molar-refractivity contribution in [3.05, 3.63) is 95.1 Å². The lowest BCUT2D eigenvalue weighted by atomic mass is 9.97. The smallest absolute Gasteiger partial charge is 0.338 e. The van der Waals surface area contributed by atoms with Crippen LogP contribution in [-0.4, -0.2) is 28.1 Å². The number of rotatable bonds is 5. The molecule has 1 aliphatic rings. The molecule has 3 rings (SSSR count). The Bertz CT molecular complexity index is 1080. The SMILES string of the molecule is CC/C(C)=C(\c1ccccc1C(=O)OC)N1C=CC=C/C1=C(/C)c1ncccc1O. The second-order valence-electron chi connectivity index (χ2n) is 6.97. The van der Waals surface area contributed by atoms with Crippen molar-refractivity contribution < 1.29 is 14.6 Å². The molecule has 1 aromatic carbocycles. The first kappa shape index (κ1) is 21.1. The lowest BCUT2D eigenvalue weighted by Gasteiger charge is -2.31. The molecular weight excluding hydrogens is 376 g/mol. The Morgan fingerprint density at radius 2 is 1.83 bits per heavy atom. The van der Waals surface area contributed by atoms with Crippen LogP contribution in [0.25, 0.3) is 11.3 Å². The number of carbonyl (C=O) groups is 1. The first-order chi connectivity index (χ1) is 14.5. The quantitative estimate of drug-likeness (QED) is 0.666. The lowest BCUT2D eigenvalue weighted by Crippen LogP contribution is -2.20. The summed E-state index contributed by atoms with van der Waals surface area (Å²) in [6.45, 7) is 6.07. The monoisotopic (exact) mass is 402 g/mol. The molecule has 2 heterocycles. The molecule has 1 aromatic heterocycles. The van der Waals surface area contributed by atoms with Gasteiger partial charge in [-0.05, 0) is 56.2 Å². The largest absolute Gasteiger partial charge is 0.506 e. The first-order valence-electron chi connectivity index (χ1n) is 9.86. The van der Waals surface area contributed by atoms with Crippen molar-refractivity contribution in [2.45, 2.75) is 27.2 Å². The molecule has 0 amide bonds. The number of benzene rings is 1. The van der Waals surface area contributed by atoms with Crippen LogP contribution in [0.2, 0.25) is 0 Å². The van der Waals surface area contributed by atoms with Crippen LogP contribution < -0.4 is 0 Å². The standard InChI is InChI=1S/C25H26N2O3/c1-5-17(2)24(19-11-6-7-12-20(19)25(29)30-4)27-16-9-8-13-21(27)18(3)23-22(28)14-10-15-26-23/h6-16,28H,5H2,1-4H3/b21-18+,24-17+. The van der Waals surface area contributed by atoms with E-state index >= 15 is 0 Å². The van der Waals surface area contributed by atoms with Crippen molar-refractivity contribution in [1.29, 1.82) is 0 Å². The van der Waals surface area contributed by atoms with Crippen LogP contribution in [0.15, 0.2) is 78.3 Å². The third kappa shape index (κ3) is 4.06. The average Bonchev–Trinajstić information content (AvgIpc) is 2.79. The van der Waals surface area contributed by atoms with E-state index in [-0.39, 0.29) is 11.7 Å². The van der Waals surface area contributed by atoms with E-state index in [0.29, 0.717) is 11.3 Å². The molecule has 0 saturated carbocycles. The van der Waals surface area contributed by atoms with E-state index in [1.807, 2.05) is 54.5 Å². The average molecular weight is 402 g/mol. The maximum Gasteiger partial charge on any atom is 0.338 e. The fraction of sp³-hybridized carbons (Fsp3) is 0.200. The first-order valence-corrected chi connectivity index (χ1v) is 9.86. The van der Waals surface area contributed by atoms with Crippen molar-refractivity contribution >= 4 is 17.2 Å². The van der Waals surface area contributed by atoms with Crippen LogP contribution in [-0.2, 0) is 4.74 Å². The van der Waals surface area contributed by atoms with Gasteiger partial charge in [-0.25, -0.2) is 4.79 Å². The number of hydrogen-bond acceptors (Lipinski definition) is 5. The summed E-state index contributed by atoms with van der Waals surface area (Å²) in [7, 11) is 1.39. The molecule has 0 spiro atoms. The van der Waals surface area contributed by atoms with E-state index < -0.39 is 0 Å². The highest BCUT2D eigenvalue weighted by Gasteiger charge is 2.24. The van der Waals surface area contributed by atoms with Crippen molar-refractivity contribution in [1.82, 2.24) is 9.88 Å². The molecule has 1 N–H and O–H groups in total. The Balaban J connectivity index is 2.24. The van der Waals surface area contributed by atoms with Gasteiger partial charge in [0.1, 0.15) is 11.4 Å². The summed E-state index contributed by atoms with van der Waals surface area (Å²) in [6, 6.07) is 10.8. The van der Waals surface area contributed by atoms with Crippen molar-refractivity contribution in [3.8, 4) is 5.75 Å². The number of nitrogens with zero attached hydrogens (tertiary/aromatic N) is 2. The molecular formula is C25H26N2O3. The van der Waals surface area contributed by atoms with E-state index in [0.717, 1.165) is 34.5 Å². The van der Waals surface area contributed by atoms with Crippen LogP contribution in [0.5, 0.6) is 5.75 Å². The molecule has 2 aromatic rings. The van der Waals surface area contributed by atoms with Crippen LogP contribution in [0.4, 0.5) is 0 Å². The minimum atomic E-state index is -0.381. The molecule has 5 nitrogen and oxygen atoms in total. The fourth-order valence-electron chi connectivity index (χ4n) is 3.46. The summed E-state index contributed by atoms with van der Waals surface area (Å²) in [6.07, 6.45) is 10.3. The van der Waals surface area contributed by atoms with Gasteiger partial charge in [0.2, 0.25) is 0 Å². The molecule has 154 valence electrons. The zero-order valence-corrected chi connectivity index (χ0v) is 17.7. The lowest BCUT2D eigenvalue weighted by molar-refractivity contribution is 0.0600. The van der Waals surface area contributed by atoms with Gasteiger partial charge in [-0.15, -0.1) is 0 Å². The number of methoxy groups -OCH3 is 1. The van der Waals surface area contributed by atoms with E-state index in [4.69, 9.17) is 4.74 Å².